The summed E-state index contributed by atoms with van der Waals surface area (Å²) in [7, 11) is 2.79. The number of phenolic OH excluding ortho intramolecular Hbond substituents is 1. The monoisotopic (exact) mass is 742 g/mol. The van der Waals surface area contributed by atoms with Crippen molar-refractivity contribution in [3.8, 4) is 5.75 Å². The lowest BCUT2D eigenvalue weighted by atomic mass is 10.0. The third kappa shape index (κ3) is 13.9. The van der Waals surface area contributed by atoms with Crippen LogP contribution in [0.3, 0.4) is 0 Å². The number of aromatic hydroxyl groups is 1. The normalized spacial score (nSPS) is 13.7. The molecule has 2 rings (SSSR count). The van der Waals surface area contributed by atoms with Crippen LogP contribution >= 0.6 is 11.8 Å². The Bertz CT molecular complexity index is 1550. The first kappa shape index (κ1) is 43.0. The van der Waals surface area contributed by atoms with Gasteiger partial charge in [0.2, 0.25) is 41.4 Å². The van der Waals surface area contributed by atoms with Crippen LogP contribution in [0.2, 0.25) is 0 Å². The first-order chi connectivity index (χ1) is 24.6. The lowest BCUT2D eigenvalue weighted by molar-refractivity contribution is -0.143. The Kier molecular flexibility index (Phi) is 17.6. The van der Waals surface area contributed by atoms with E-state index in [4.69, 9.17) is 11.5 Å². The number of carbonyl (C=O) groups is 7. The second kappa shape index (κ2) is 21.3. The molecule has 2 aromatic rings. The van der Waals surface area contributed by atoms with Crippen molar-refractivity contribution in [1.82, 2.24) is 31.1 Å². The van der Waals surface area contributed by atoms with Crippen LogP contribution in [0.5, 0.6) is 5.75 Å². The van der Waals surface area contributed by atoms with Gasteiger partial charge in [-0.3, -0.25) is 33.6 Å². The van der Waals surface area contributed by atoms with E-state index in [-0.39, 0.29) is 25.1 Å². The van der Waals surface area contributed by atoms with Gasteiger partial charge in [-0.15, -0.1) is 0 Å². The van der Waals surface area contributed by atoms with E-state index in [1.807, 2.05) is 12.3 Å². The van der Waals surface area contributed by atoms with Crippen molar-refractivity contribution in [3.05, 3.63) is 65.7 Å². The standard InChI is InChI=1S/C35H50N8O8S/c1-21(38-33(49)26(15-16-52-5)40-29(45)19-36)32(48)41-27(17-24-11-13-25(44)14-12-24)34(50)39-22(2)35(51)42(3)20-30(46)43(4)28(31(37)47)18-23-9-7-6-8-10-23/h6-14,21-22,26-28,44H,15-20,36H2,1-5H3,(H2,37,47)(H,38,49)(H,39,50)(H,40,45)(H,41,48)/t21-,22+,26-,27-,28-/m0/s1. The summed E-state index contributed by atoms with van der Waals surface area (Å²) < 4.78 is 0. The van der Waals surface area contributed by atoms with Crippen LogP contribution in [0.15, 0.2) is 54.6 Å². The van der Waals surface area contributed by atoms with Gasteiger partial charge in [-0.2, -0.15) is 11.8 Å². The molecule has 0 aliphatic rings. The molecule has 0 fully saturated rings. The minimum atomic E-state index is -1.23. The van der Waals surface area contributed by atoms with Crippen LogP contribution in [-0.2, 0) is 46.4 Å². The van der Waals surface area contributed by atoms with Crippen LogP contribution in [0.4, 0.5) is 0 Å². The zero-order chi connectivity index (χ0) is 39.0. The van der Waals surface area contributed by atoms with Crippen molar-refractivity contribution < 1.29 is 38.7 Å². The number of primary amides is 1. The van der Waals surface area contributed by atoms with Crippen molar-refractivity contribution in [2.24, 2.45) is 11.5 Å². The maximum absolute atomic E-state index is 13.6. The number of rotatable bonds is 20. The summed E-state index contributed by atoms with van der Waals surface area (Å²) in [5.41, 5.74) is 12.3. The molecule has 2 aromatic carbocycles. The minimum Gasteiger partial charge on any atom is -0.508 e. The molecule has 17 heteroatoms. The summed E-state index contributed by atoms with van der Waals surface area (Å²) in [6.07, 6.45) is 2.27. The number of carbonyl (C=O) groups excluding carboxylic acids is 7. The highest BCUT2D eigenvalue weighted by atomic mass is 32.2. The Morgan fingerprint density at radius 2 is 1.35 bits per heavy atom. The van der Waals surface area contributed by atoms with Crippen LogP contribution in [0.25, 0.3) is 0 Å². The second-order valence-electron chi connectivity index (χ2n) is 12.3. The maximum Gasteiger partial charge on any atom is 0.245 e. The lowest BCUT2D eigenvalue weighted by Gasteiger charge is -2.29. The average molecular weight is 743 g/mol. The molecule has 5 atom stereocenters. The van der Waals surface area contributed by atoms with E-state index >= 15 is 0 Å². The predicted molar refractivity (Wildman–Crippen MR) is 196 cm³/mol. The Morgan fingerprint density at radius 1 is 0.769 bits per heavy atom. The molecular formula is C35H50N8O8S. The van der Waals surface area contributed by atoms with Crippen molar-refractivity contribution in [2.45, 2.75) is 63.3 Å². The Labute approximate surface area is 307 Å². The SMILES string of the molecule is CSCC[C@H](NC(=O)CN)C(=O)N[C@@H](C)C(=O)N[C@@H](Cc1ccc(O)cc1)C(=O)N[C@H](C)C(=O)N(C)CC(=O)N(C)[C@@H](Cc1ccccc1)C(N)=O. The summed E-state index contributed by atoms with van der Waals surface area (Å²) in [5.74, 6) is -3.94. The highest BCUT2D eigenvalue weighted by molar-refractivity contribution is 7.98. The molecule has 0 radical (unpaired) electrons. The fourth-order valence-electron chi connectivity index (χ4n) is 5.05. The van der Waals surface area contributed by atoms with E-state index in [1.54, 1.807) is 36.4 Å². The van der Waals surface area contributed by atoms with Gasteiger partial charge in [-0.05, 0) is 55.5 Å². The maximum atomic E-state index is 13.6. The number of nitrogens with two attached hydrogens (primary N) is 2. The number of nitrogens with zero attached hydrogens (tertiary/aromatic N) is 2. The van der Waals surface area contributed by atoms with E-state index in [0.29, 0.717) is 17.7 Å². The molecule has 9 N–H and O–H groups in total. The van der Waals surface area contributed by atoms with Gasteiger partial charge in [0.05, 0.1) is 13.1 Å². The van der Waals surface area contributed by atoms with Crippen LogP contribution in [0.1, 0.15) is 31.4 Å². The number of phenols is 1. The fraction of sp³-hybridized carbons (Fsp3) is 0.457. The topological polar surface area (TPSA) is 246 Å². The summed E-state index contributed by atoms with van der Waals surface area (Å²) >= 11 is 1.47. The second-order valence-corrected chi connectivity index (χ2v) is 13.3. The zero-order valence-corrected chi connectivity index (χ0v) is 30.9. The largest absolute Gasteiger partial charge is 0.508 e. The molecule has 7 amide bonds. The molecule has 0 aliphatic heterocycles. The van der Waals surface area contributed by atoms with Gasteiger partial charge in [-0.25, -0.2) is 0 Å². The summed E-state index contributed by atoms with van der Waals surface area (Å²) in [4.78, 5) is 92.6. The highest BCUT2D eigenvalue weighted by Crippen LogP contribution is 2.13. The van der Waals surface area contributed by atoms with Crippen molar-refractivity contribution in [2.75, 3.05) is 39.2 Å². The smallest absolute Gasteiger partial charge is 0.245 e. The van der Waals surface area contributed by atoms with Crippen molar-refractivity contribution in [3.63, 3.8) is 0 Å². The molecule has 0 aliphatic carbocycles. The van der Waals surface area contributed by atoms with E-state index in [1.165, 1.54) is 56.7 Å². The third-order valence-electron chi connectivity index (χ3n) is 8.15. The molecule has 0 saturated carbocycles. The Morgan fingerprint density at radius 3 is 1.92 bits per heavy atom. The van der Waals surface area contributed by atoms with Gasteiger partial charge in [-0.1, -0.05) is 42.5 Å². The van der Waals surface area contributed by atoms with Crippen LogP contribution < -0.4 is 32.7 Å². The van der Waals surface area contributed by atoms with Gasteiger partial charge < -0.3 is 47.6 Å². The number of hydrogen-bond acceptors (Lipinski definition) is 10. The van der Waals surface area contributed by atoms with Crippen LogP contribution in [0, 0.1) is 0 Å². The Hall–Kier alpha value is -5.16. The van der Waals surface area contributed by atoms with Crippen LogP contribution in [-0.4, -0.2) is 126 Å². The predicted octanol–water partition coefficient (Wildman–Crippen LogP) is -1.36. The Balaban J connectivity index is 2.13. The van der Waals surface area contributed by atoms with Crippen molar-refractivity contribution in [1.29, 1.82) is 0 Å². The van der Waals surface area contributed by atoms with Gasteiger partial charge in [0.1, 0.15) is 36.0 Å². The molecule has 0 spiro atoms. The first-order valence-corrected chi connectivity index (χ1v) is 18.0. The lowest BCUT2D eigenvalue weighted by Crippen LogP contribution is -2.58. The molecule has 0 heterocycles. The molecule has 16 nitrogen and oxygen atoms in total. The minimum absolute atomic E-state index is 0.00691. The number of likely N-dealkylation sites (N-methyl/N-ethyl adjacent to an activating group) is 2. The van der Waals surface area contributed by atoms with E-state index in [2.05, 4.69) is 21.3 Å². The molecule has 52 heavy (non-hydrogen) atoms. The molecule has 284 valence electrons. The molecule has 0 bridgehead atoms. The number of thioether (sulfide) groups is 1. The number of amides is 7. The van der Waals surface area contributed by atoms with Gasteiger partial charge >= 0.3 is 0 Å². The number of benzene rings is 2. The highest BCUT2D eigenvalue weighted by Gasteiger charge is 2.31. The number of hydrogen-bond donors (Lipinski definition) is 7. The summed E-state index contributed by atoms with van der Waals surface area (Å²) in [6, 6.07) is 9.57. The van der Waals surface area contributed by atoms with Gasteiger partial charge in [0.15, 0.2) is 0 Å². The average Bonchev–Trinajstić information content (AvgIpc) is 3.11. The summed E-state index contributed by atoms with van der Waals surface area (Å²) in [6.45, 7) is 2.10. The van der Waals surface area contributed by atoms with Gasteiger partial charge in [0.25, 0.3) is 0 Å². The molecule has 0 aromatic heterocycles. The summed E-state index contributed by atoms with van der Waals surface area (Å²) in [5, 5.41) is 20.0. The molecular weight excluding hydrogens is 692 g/mol. The number of nitrogens with one attached hydrogen (secondary N) is 4. The first-order valence-electron chi connectivity index (χ1n) is 16.6. The molecule has 0 saturated heterocycles. The quantitative estimate of drug-likeness (QED) is 0.0840. The van der Waals surface area contributed by atoms with E-state index < -0.39 is 78.1 Å². The fourth-order valence-corrected chi connectivity index (χ4v) is 5.52. The third-order valence-corrected chi connectivity index (χ3v) is 8.79. The van der Waals surface area contributed by atoms with Gasteiger partial charge in [0, 0.05) is 26.9 Å². The van der Waals surface area contributed by atoms with Crippen molar-refractivity contribution >= 4 is 53.1 Å². The zero-order valence-electron chi connectivity index (χ0n) is 30.1. The van der Waals surface area contributed by atoms with E-state index in [0.717, 1.165) is 10.5 Å². The van der Waals surface area contributed by atoms with E-state index in [9.17, 15) is 38.7 Å². The molecule has 0 unspecified atom stereocenters.